The maximum absolute atomic E-state index is 13.6. The number of rotatable bonds is 6. The maximum atomic E-state index is 13.6. The van der Waals surface area contributed by atoms with Crippen molar-refractivity contribution in [3.8, 4) is 0 Å². The minimum atomic E-state index is -1.69. The summed E-state index contributed by atoms with van der Waals surface area (Å²) >= 11 is 0. The van der Waals surface area contributed by atoms with E-state index in [2.05, 4.69) is 10.1 Å². The molecule has 0 aliphatic carbocycles. The summed E-state index contributed by atoms with van der Waals surface area (Å²) in [6, 6.07) is 7.56. The van der Waals surface area contributed by atoms with Crippen LogP contribution >= 0.6 is 0 Å². The lowest BCUT2D eigenvalue weighted by Gasteiger charge is -2.21. The topological polar surface area (TPSA) is 75.7 Å². The lowest BCUT2D eigenvalue weighted by Crippen LogP contribution is -2.32. The van der Waals surface area contributed by atoms with Gasteiger partial charge in [-0.05, 0) is 36.4 Å². The largest absolute Gasteiger partial charge is 0.465 e. The van der Waals surface area contributed by atoms with Gasteiger partial charge in [-0.25, -0.2) is 18.0 Å². The summed E-state index contributed by atoms with van der Waals surface area (Å²) in [7, 11) is 1.24. The zero-order chi connectivity index (χ0) is 20.8. The van der Waals surface area contributed by atoms with Crippen LogP contribution in [-0.2, 0) is 14.3 Å². The van der Waals surface area contributed by atoms with Crippen molar-refractivity contribution in [2.24, 2.45) is 0 Å². The Balaban J connectivity index is 2.05. The zero-order valence-corrected chi connectivity index (χ0v) is 15.1. The smallest absolute Gasteiger partial charge is 0.337 e. The third-order valence-corrected chi connectivity index (χ3v) is 3.85. The molecule has 0 atom stereocenters. The number of ether oxygens (including phenoxy) is 1. The standard InChI is InChI=1S/C19H17F3N2O4/c1-11(25)24(13-5-3-12(4-6-13)19(27)28-2)10-9-16(26)23-15-8-7-14(20)17(21)18(15)22/h3-8H,9-10H2,1-2H3,(H,23,26). The van der Waals surface area contributed by atoms with Crippen molar-refractivity contribution in [3.63, 3.8) is 0 Å². The van der Waals surface area contributed by atoms with Gasteiger partial charge in [0, 0.05) is 25.6 Å². The second kappa shape index (κ2) is 9.03. The molecule has 2 aromatic carbocycles. The van der Waals surface area contributed by atoms with E-state index in [4.69, 9.17) is 0 Å². The molecule has 2 amide bonds. The first-order chi connectivity index (χ1) is 13.2. The molecular formula is C19H17F3N2O4. The zero-order valence-electron chi connectivity index (χ0n) is 15.1. The van der Waals surface area contributed by atoms with Crippen LogP contribution in [0.15, 0.2) is 36.4 Å². The Morgan fingerprint density at radius 2 is 1.64 bits per heavy atom. The molecule has 0 heterocycles. The molecule has 0 aliphatic heterocycles. The highest BCUT2D eigenvalue weighted by atomic mass is 19.2. The van der Waals surface area contributed by atoms with Crippen molar-refractivity contribution < 1.29 is 32.3 Å². The number of nitrogens with one attached hydrogen (secondary N) is 1. The van der Waals surface area contributed by atoms with Gasteiger partial charge in [0.25, 0.3) is 0 Å². The molecule has 0 spiro atoms. The van der Waals surface area contributed by atoms with Gasteiger partial charge in [0.1, 0.15) is 0 Å². The number of nitrogens with zero attached hydrogens (tertiary/aromatic N) is 1. The fraction of sp³-hybridized carbons (Fsp3) is 0.211. The minimum Gasteiger partial charge on any atom is -0.465 e. The van der Waals surface area contributed by atoms with Gasteiger partial charge in [0.2, 0.25) is 11.8 Å². The highest BCUT2D eigenvalue weighted by Gasteiger charge is 2.17. The van der Waals surface area contributed by atoms with Crippen LogP contribution in [0, 0.1) is 17.5 Å². The quantitative estimate of drug-likeness (QED) is 0.603. The van der Waals surface area contributed by atoms with Crippen molar-refractivity contribution in [1.29, 1.82) is 0 Å². The number of benzene rings is 2. The van der Waals surface area contributed by atoms with E-state index >= 15 is 0 Å². The molecule has 2 aromatic rings. The van der Waals surface area contributed by atoms with Crippen LogP contribution in [0.4, 0.5) is 24.5 Å². The highest BCUT2D eigenvalue weighted by molar-refractivity contribution is 5.95. The summed E-state index contributed by atoms with van der Waals surface area (Å²) in [5.74, 6) is -6.15. The van der Waals surface area contributed by atoms with E-state index in [1.54, 1.807) is 0 Å². The molecule has 9 heteroatoms. The van der Waals surface area contributed by atoms with E-state index in [1.165, 1.54) is 43.2 Å². The SMILES string of the molecule is COC(=O)c1ccc(N(CCC(=O)Nc2ccc(F)c(F)c2F)C(C)=O)cc1. The molecule has 0 radical (unpaired) electrons. The van der Waals surface area contributed by atoms with Crippen LogP contribution in [0.1, 0.15) is 23.7 Å². The number of hydrogen-bond donors (Lipinski definition) is 1. The summed E-state index contributed by atoms with van der Waals surface area (Å²) in [6.45, 7) is 1.24. The van der Waals surface area contributed by atoms with Crippen LogP contribution < -0.4 is 10.2 Å². The molecule has 148 valence electrons. The van der Waals surface area contributed by atoms with E-state index in [9.17, 15) is 27.6 Å². The molecule has 6 nitrogen and oxygen atoms in total. The van der Waals surface area contributed by atoms with Gasteiger partial charge in [-0.2, -0.15) is 0 Å². The molecule has 2 rings (SSSR count). The van der Waals surface area contributed by atoms with Crippen LogP contribution in [0.3, 0.4) is 0 Å². The first-order valence-electron chi connectivity index (χ1n) is 8.14. The number of hydrogen-bond acceptors (Lipinski definition) is 4. The Kier molecular flexibility index (Phi) is 6.75. The number of amides is 2. The third kappa shape index (κ3) is 4.87. The molecule has 0 saturated heterocycles. The van der Waals surface area contributed by atoms with E-state index in [1.807, 2.05) is 0 Å². The van der Waals surface area contributed by atoms with Crippen molar-refractivity contribution in [2.45, 2.75) is 13.3 Å². The van der Waals surface area contributed by atoms with Crippen LogP contribution in [0.25, 0.3) is 0 Å². The predicted octanol–water partition coefficient (Wildman–Crippen LogP) is 3.27. The van der Waals surface area contributed by atoms with Crippen molar-refractivity contribution >= 4 is 29.2 Å². The summed E-state index contributed by atoms with van der Waals surface area (Å²) in [5, 5.41) is 2.14. The summed E-state index contributed by atoms with van der Waals surface area (Å²) in [4.78, 5) is 36.6. The first kappa shape index (κ1) is 20.9. The number of carbonyl (C=O) groups excluding carboxylic acids is 3. The number of carbonyl (C=O) groups is 3. The lowest BCUT2D eigenvalue weighted by molar-refractivity contribution is -0.117. The Morgan fingerprint density at radius 1 is 1.00 bits per heavy atom. The van der Waals surface area contributed by atoms with E-state index in [0.717, 1.165) is 6.07 Å². The van der Waals surface area contributed by atoms with Crippen LogP contribution in [0.5, 0.6) is 0 Å². The fourth-order valence-electron chi connectivity index (χ4n) is 2.41. The highest BCUT2D eigenvalue weighted by Crippen LogP contribution is 2.20. The van der Waals surface area contributed by atoms with Gasteiger partial charge < -0.3 is 15.0 Å². The molecule has 0 bridgehead atoms. The van der Waals surface area contributed by atoms with Crippen molar-refractivity contribution in [1.82, 2.24) is 0 Å². The average molecular weight is 394 g/mol. The predicted molar refractivity (Wildman–Crippen MR) is 95.4 cm³/mol. The van der Waals surface area contributed by atoms with Gasteiger partial charge in [-0.15, -0.1) is 0 Å². The minimum absolute atomic E-state index is 0.0516. The van der Waals surface area contributed by atoms with Gasteiger partial charge in [0.15, 0.2) is 17.5 Å². The monoisotopic (exact) mass is 394 g/mol. The summed E-state index contributed by atoms with van der Waals surface area (Å²) in [5.41, 5.74) is 0.231. The third-order valence-electron chi connectivity index (χ3n) is 3.85. The second-order valence-electron chi connectivity index (χ2n) is 5.73. The Hall–Kier alpha value is -3.36. The normalized spacial score (nSPS) is 10.3. The molecule has 0 saturated carbocycles. The number of anilines is 2. The number of esters is 1. The van der Waals surface area contributed by atoms with Gasteiger partial charge in [0.05, 0.1) is 18.4 Å². The Morgan fingerprint density at radius 3 is 2.21 bits per heavy atom. The molecule has 1 N–H and O–H groups in total. The van der Waals surface area contributed by atoms with E-state index in [-0.39, 0.29) is 18.9 Å². The van der Waals surface area contributed by atoms with Gasteiger partial charge in [-0.3, -0.25) is 9.59 Å². The molecular weight excluding hydrogens is 377 g/mol. The second-order valence-corrected chi connectivity index (χ2v) is 5.73. The molecule has 0 unspecified atom stereocenters. The van der Waals surface area contributed by atoms with Crippen LogP contribution in [-0.4, -0.2) is 31.4 Å². The van der Waals surface area contributed by atoms with Gasteiger partial charge in [-0.1, -0.05) is 0 Å². The van der Waals surface area contributed by atoms with E-state index in [0.29, 0.717) is 17.3 Å². The van der Waals surface area contributed by atoms with E-state index < -0.39 is 35.0 Å². The first-order valence-corrected chi connectivity index (χ1v) is 8.14. The van der Waals surface area contributed by atoms with Crippen molar-refractivity contribution in [3.05, 3.63) is 59.4 Å². The Bertz CT molecular complexity index is 901. The average Bonchev–Trinajstić information content (AvgIpc) is 2.68. The number of methoxy groups -OCH3 is 1. The fourth-order valence-corrected chi connectivity index (χ4v) is 2.41. The van der Waals surface area contributed by atoms with Crippen LogP contribution in [0.2, 0.25) is 0 Å². The maximum Gasteiger partial charge on any atom is 0.337 e. The molecule has 0 aliphatic rings. The molecule has 0 fully saturated rings. The molecule has 0 aromatic heterocycles. The Labute approximate surface area is 158 Å². The van der Waals surface area contributed by atoms with Gasteiger partial charge >= 0.3 is 5.97 Å². The lowest BCUT2D eigenvalue weighted by atomic mass is 10.2. The summed E-state index contributed by atoms with van der Waals surface area (Å²) in [6.07, 6.45) is -0.225. The molecule has 28 heavy (non-hydrogen) atoms. The summed E-state index contributed by atoms with van der Waals surface area (Å²) < 4.78 is 44.3. The number of halogens is 3. The van der Waals surface area contributed by atoms with Crippen molar-refractivity contribution in [2.75, 3.05) is 23.9 Å².